The van der Waals surface area contributed by atoms with Crippen LogP contribution in [0.3, 0.4) is 0 Å². The zero-order valence-corrected chi connectivity index (χ0v) is 17.2. The number of hydrogen-bond acceptors (Lipinski definition) is 5. The van der Waals surface area contributed by atoms with Crippen molar-refractivity contribution >= 4 is 22.8 Å². The lowest BCUT2D eigenvalue weighted by Crippen LogP contribution is -2.62. The Labute approximate surface area is 170 Å². The average molecular weight is 399 g/mol. The van der Waals surface area contributed by atoms with Gasteiger partial charge < -0.3 is 19.1 Å². The van der Waals surface area contributed by atoms with Crippen LogP contribution in [-0.2, 0) is 20.7 Å². The van der Waals surface area contributed by atoms with E-state index in [1.165, 1.54) is 0 Å². The highest BCUT2D eigenvalue weighted by Gasteiger charge is 2.52. The third kappa shape index (κ3) is 3.52. The van der Waals surface area contributed by atoms with Gasteiger partial charge in [-0.2, -0.15) is 0 Å². The zero-order chi connectivity index (χ0) is 20.4. The topological polar surface area (TPSA) is 75.9 Å². The molecule has 2 aromatic rings. The van der Waals surface area contributed by atoms with Crippen molar-refractivity contribution in [3.8, 4) is 0 Å². The van der Waals surface area contributed by atoms with Crippen LogP contribution in [0.15, 0.2) is 28.8 Å². The minimum Gasteiger partial charge on any atom is -0.383 e. The van der Waals surface area contributed by atoms with Crippen LogP contribution in [0.25, 0.3) is 11.0 Å². The summed E-state index contributed by atoms with van der Waals surface area (Å²) in [7, 11) is 1.65. The number of hydrogen-bond donors (Lipinski definition) is 0. The number of likely N-dealkylation sites (tertiary alicyclic amines) is 2. The smallest absolute Gasteiger partial charge is 0.230 e. The second-order valence-corrected chi connectivity index (χ2v) is 8.21. The number of piperidine rings is 2. The number of carbonyl (C=O) groups excluding carboxylic acids is 2. The Bertz CT molecular complexity index is 891. The molecular weight excluding hydrogens is 370 g/mol. The molecule has 2 saturated heterocycles. The molecule has 0 aliphatic carbocycles. The Morgan fingerprint density at radius 3 is 2.83 bits per heavy atom. The van der Waals surface area contributed by atoms with Gasteiger partial charge in [-0.15, -0.1) is 0 Å². The average Bonchev–Trinajstić information content (AvgIpc) is 3.14. The Kier molecular flexibility index (Phi) is 5.58. The number of fused-ring (bicyclic) bond motifs is 1. The molecule has 7 nitrogen and oxygen atoms in total. The van der Waals surface area contributed by atoms with Gasteiger partial charge in [-0.3, -0.25) is 9.59 Å². The molecule has 2 amide bonds. The molecular formula is C22H29N3O4. The second-order valence-electron chi connectivity index (χ2n) is 8.21. The summed E-state index contributed by atoms with van der Waals surface area (Å²) in [4.78, 5) is 30.4. The molecule has 4 rings (SSSR count). The van der Waals surface area contributed by atoms with Crippen LogP contribution in [0.2, 0.25) is 0 Å². The van der Waals surface area contributed by atoms with E-state index in [1.807, 2.05) is 41.0 Å². The van der Waals surface area contributed by atoms with Crippen LogP contribution in [0.4, 0.5) is 0 Å². The molecule has 2 atom stereocenters. The maximum atomic E-state index is 13.4. The van der Waals surface area contributed by atoms with Gasteiger partial charge in [0.1, 0.15) is 5.69 Å². The van der Waals surface area contributed by atoms with Crippen molar-refractivity contribution in [2.24, 2.45) is 5.41 Å². The van der Waals surface area contributed by atoms with Gasteiger partial charge in [0.05, 0.1) is 18.4 Å². The van der Waals surface area contributed by atoms with Crippen molar-refractivity contribution in [2.75, 3.05) is 33.4 Å². The van der Waals surface area contributed by atoms with Gasteiger partial charge in [0.25, 0.3) is 0 Å². The van der Waals surface area contributed by atoms with E-state index in [-0.39, 0.29) is 24.3 Å². The van der Waals surface area contributed by atoms with Gasteiger partial charge in [-0.25, -0.2) is 0 Å². The van der Waals surface area contributed by atoms with E-state index in [0.717, 1.165) is 37.6 Å². The van der Waals surface area contributed by atoms with E-state index < -0.39 is 5.41 Å². The summed E-state index contributed by atoms with van der Waals surface area (Å²) in [5, 5.41) is 4.98. The number of methoxy groups -OCH3 is 1. The molecule has 2 fully saturated rings. The number of ether oxygens (including phenoxy) is 1. The zero-order valence-electron chi connectivity index (χ0n) is 17.2. The Morgan fingerprint density at radius 1 is 1.28 bits per heavy atom. The van der Waals surface area contributed by atoms with Crippen molar-refractivity contribution in [1.29, 1.82) is 0 Å². The molecule has 156 valence electrons. The Balaban J connectivity index is 1.52. The second kappa shape index (κ2) is 8.14. The van der Waals surface area contributed by atoms with Gasteiger partial charge >= 0.3 is 0 Å². The number of nitrogens with zero attached hydrogens (tertiary/aromatic N) is 3. The van der Waals surface area contributed by atoms with Crippen LogP contribution in [0, 0.1) is 5.41 Å². The van der Waals surface area contributed by atoms with E-state index in [2.05, 4.69) is 5.16 Å². The molecule has 29 heavy (non-hydrogen) atoms. The normalized spacial score (nSPS) is 25.2. The minimum atomic E-state index is -0.480. The number of aromatic nitrogens is 1. The molecule has 2 aliphatic heterocycles. The molecule has 1 aromatic carbocycles. The van der Waals surface area contributed by atoms with E-state index in [0.29, 0.717) is 31.0 Å². The maximum Gasteiger partial charge on any atom is 0.230 e. The predicted molar refractivity (Wildman–Crippen MR) is 108 cm³/mol. The lowest BCUT2D eigenvalue weighted by molar-refractivity contribution is -0.160. The fourth-order valence-corrected chi connectivity index (χ4v) is 5.06. The molecule has 0 bridgehead atoms. The van der Waals surface area contributed by atoms with Gasteiger partial charge in [-0.1, -0.05) is 17.3 Å². The van der Waals surface area contributed by atoms with Crippen molar-refractivity contribution in [3.05, 3.63) is 30.0 Å². The monoisotopic (exact) mass is 399 g/mol. The molecule has 3 heterocycles. The van der Waals surface area contributed by atoms with Crippen molar-refractivity contribution < 1.29 is 18.8 Å². The first-order valence-electron chi connectivity index (χ1n) is 10.5. The number of benzene rings is 1. The molecule has 0 saturated carbocycles. The summed E-state index contributed by atoms with van der Waals surface area (Å²) in [6.45, 7) is 4.65. The first-order chi connectivity index (χ1) is 14.1. The number of amides is 2. The van der Waals surface area contributed by atoms with E-state index in [9.17, 15) is 9.59 Å². The SMILES string of the molecule is COCCN1CCC[C@@]2(CCCN(C(=O)Cc3noc4ccccc34)[C@H]2C)C1=O. The summed E-state index contributed by atoms with van der Waals surface area (Å²) >= 11 is 0. The summed E-state index contributed by atoms with van der Waals surface area (Å²) in [6, 6.07) is 7.46. The third-order valence-electron chi connectivity index (χ3n) is 6.71. The van der Waals surface area contributed by atoms with E-state index in [1.54, 1.807) is 7.11 Å². The van der Waals surface area contributed by atoms with Gasteiger partial charge in [-0.05, 0) is 44.7 Å². The van der Waals surface area contributed by atoms with Crippen LogP contribution in [-0.4, -0.2) is 66.2 Å². The predicted octanol–water partition coefficient (Wildman–Crippen LogP) is 2.64. The Hall–Kier alpha value is -2.41. The summed E-state index contributed by atoms with van der Waals surface area (Å²) in [5.41, 5.74) is 0.870. The molecule has 0 radical (unpaired) electrons. The number of rotatable bonds is 5. The lowest BCUT2D eigenvalue weighted by atomic mass is 9.67. The standard InChI is InChI=1S/C22H29N3O4/c1-16-22(9-5-11-24(21(22)27)13-14-28-2)10-6-12-25(16)20(26)15-18-17-7-3-4-8-19(17)29-23-18/h3-4,7-8,16H,5-6,9-15H2,1-2H3/t16-,22-/m0/s1. The quantitative estimate of drug-likeness (QED) is 0.773. The van der Waals surface area contributed by atoms with Crippen molar-refractivity contribution in [3.63, 3.8) is 0 Å². The fourth-order valence-electron chi connectivity index (χ4n) is 5.06. The van der Waals surface area contributed by atoms with Gasteiger partial charge in [0.15, 0.2) is 5.58 Å². The maximum absolute atomic E-state index is 13.4. The number of carbonyl (C=O) groups is 2. The third-order valence-corrected chi connectivity index (χ3v) is 6.71. The molecule has 0 unspecified atom stereocenters. The summed E-state index contributed by atoms with van der Waals surface area (Å²) in [5.74, 6) is 0.190. The minimum absolute atomic E-state index is 0.0115. The largest absolute Gasteiger partial charge is 0.383 e. The molecule has 0 N–H and O–H groups in total. The molecule has 1 spiro atoms. The highest BCUT2D eigenvalue weighted by atomic mass is 16.5. The van der Waals surface area contributed by atoms with Crippen molar-refractivity contribution in [2.45, 2.75) is 45.1 Å². The summed E-state index contributed by atoms with van der Waals surface area (Å²) in [6.07, 6.45) is 3.69. The lowest BCUT2D eigenvalue weighted by Gasteiger charge is -2.51. The van der Waals surface area contributed by atoms with Crippen LogP contribution >= 0.6 is 0 Å². The highest BCUT2D eigenvalue weighted by Crippen LogP contribution is 2.44. The van der Waals surface area contributed by atoms with Crippen molar-refractivity contribution in [1.82, 2.24) is 15.0 Å². The van der Waals surface area contributed by atoms with E-state index >= 15 is 0 Å². The first kappa shape index (κ1) is 19.9. The molecule has 2 aliphatic rings. The molecule has 7 heteroatoms. The van der Waals surface area contributed by atoms with Crippen LogP contribution in [0.1, 0.15) is 38.3 Å². The summed E-state index contributed by atoms with van der Waals surface area (Å²) < 4.78 is 10.5. The van der Waals surface area contributed by atoms with Gasteiger partial charge in [0, 0.05) is 38.2 Å². The highest BCUT2D eigenvalue weighted by molar-refractivity contribution is 5.88. The van der Waals surface area contributed by atoms with Gasteiger partial charge in [0.2, 0.25) is 11.8 Å². The van der Waals surface area contributed by atoms with Crippen LogP contribution in [0.5, 0.6) is 0 Å². The first-order valence-corrected chi connectivity index (χ1v) is 10.5. The Morgan fingerprint density at radius 2 is 2.03 bits per heavy atom. The number of para-hydroxylation sites is 1. The fraction of sp³-hybridized carbons (Fsp3) is 0.591. The van der Waals surface area contributed by atoms with Crippen LogP contribution < -0.4 is 0 Å². The molecule has 1 aromatic heterocycles. The van der Waals surface area contributed by atoms with E-state index in [4.69, 9.17) is 9.26 Å².